The zero-order valence-electron chi connectivity index (χ0n) is 26.0. The van der Waals surface area contributed by atoms with Crippen molar-refractivity contribution >= 4 is 43.6 Å². The van der Waals surface area contributed by atoms with E-state index in [2.05, 4.69) is 0 Å². The van der Waals surface area contributed by atoms with Crippen molar-refractivity contribution in [1.82, 2.24) is 19.1 Å². The maximum Gasteiger partial charge on any atom is 0.138 e. The van der Waals surface area contributed by atoms with E-state index in [1.807, 2.05) is 97.1 Å². The molecular formula is C34H22N4. The van der Waals surface area contributed by atoms with E-state index in [4.69, 9.17) is 18.2 Å². The number of hydrogen-bond donors (Lipinski definition) is 0. The zero-order valence-corrected chi connectivity index (χ0v) is 20.0. The van der Waals surface area contributed by atoms with Gasteiger partial charge in [-0.25, -0.2) is 9.97 Å². The molecule has 8 rings (SSSR count). The summed E-state index contributed by atoms with van der Waals surface area (Å²) in [6.45, 7) is 0. The smallest absolute Gasteiger partial charge is 0.138 e. The molecule has 0 aliphatic carbocycles. The highest BCUT2D eigenvalue weighted by atomic mass is 15.1. The molecule has 0 unspecified atom stereocenters. The first-order valence-electron chi connectivity index (χ1n) is 15.3. The van der Waals surface area contributed by atoms with E-state index < -0.39 is 0 Å². The van der Waals surface area contributed by atoms with Crippen LogP contribution in [0.4, 0.5) is 0 Å². The number of fused-ring (bicyclic) bond motifs is 6. The number of rotatable bonds is 3. The van der Waals surface area contributed by atoms with Crippen molar-refractivity contribution in [2.45, 2.75) is 0 Å². The van der Waals surface area contributed by atoms with E-state index in [1.54, 1.807) is 9.13 Å². The lowest BCUT2D eigenvalue weighted by Gasteiger charge is -2.11. The standard InChI is InChI=1S/C34H22N4/c1-5-17-29-23(11-1)24-12-2-6-18-30(24)37(29)33-21-9-15-27(35-33)28-16-10-22-34(36-28)38-31-19-7-3-13-25(31)26-14-4-8-20-32(26)38/h1-22H/i9D,10D,15D,16D,21D,22D. The molecule has 0 bridgehead atoms. The number of nitrogens with zero attached hydrogens (tertiary/aromatic N) is 4. The van der Waals surface area contributed by atoms with Crippen molar-refractivity contribution in [2.75, 3.05) is 0 Å². The maximum atomic E-state index is 8.86. The zero-order chi connectivity index (χ0) is 30.3. The summed E-state index contributed by atoms with van der Waals surface area (Å²) in [5.41, 5.74) is 2.94. The molecule has 0 aliphatic heterocycles. The van der Waals surface area contributed by atoms with E-state index >= 15 is 0 Å². The van der Waals surface area contributed by atoms with Gasteiger partial charge in [-0.2, -0.15) is 0 Å². The van der Waals surface area contributed by atoms with E-state index in [-0.39, 0.29) is 59.3 Å². The summed E-state index contributed by atoms with van der Waals surface area (Å²) in [6, 6.07) is 29.0. The second kappa shape index (κ2) is 8.15. The summed E-state index contributed by atoms with van der Waals surface area (Å²) >= 11 is 0. The maximum absolute atomic E-state index is 8.86. The largest absolute Gasteiger partial charge is 0.294 e. The van der Waals surface area contributed by atoms with Crippen LogP contribution in [0.25, 0.3) is 66.6 Å². The Bertz CT molecular complexity index is 2200. The monoisotopic (exact) mass is 492 g/mol. The highest BCUT2D eigenvalue weighted by molar-refractivity contribution is 6.10. The van der Waals surface area contributed by atoms with Gasteiger partial charge in [-0.3, -0.25) is 9.13 Å². The second-order valence-corrected chi connectivity index (χ2v) is 9.06. The Balaban J connectivity index is 1.45. The van der Waals surface area contributed by atoms with E-state index in [0.29, 0.717) is 0 Å². The summed E-state index contributed by atoms with van der Waals surface area (Å²) in [5.74, 6) is 0.249. The summed E-state index contributed by atoms with van der Waals surface area (Å²) < 4.78 is 56.5. The number of aromatic nitrogens is 4. The molecule has 0 amide bonds. The normalized spacial score (nSPS) is 13.9. The predicted molar refractivity (Wildman–Crippen MR) is 156 cm³/mol. The molecule has 0 saturated carbocycles. The average Bonchev–Trinajstić information content (AvgIpc) is 3.57. The van der Waals surface area contributed by atoms with Crippen molar-refractivity contribution in [3.63, 3.8) is 0 Å². The van der Waals surface area contributed by atoms with E-state index in [1.165, 1.54) is 0 Å². The molecule has 0 saturated heterocycles. The molecular weight excluding hydrogens is 464 g/mol. The highest BCUT2D eigenvalue weighted by Gasteiger charge is 2.15. The molecule has 0 atom stereocenters. The number of pyridine rings is 2. The van der Waals surface area contributed by atoms with Crippen LogP contribution in [0.2, 0.25) is 0 Å². The minimum absolute atomic E-state index is 0.0941. The van der Waals surface area contributed by atoms with Gasteiger partial charge in [0.15, 0.2) is 0 Å². The molecule has 8 aromatic rings. The first-order valence-corrected chi connectivity index (χ1v) is 12.3. The molecule has 0 N–H and O–H groups in total. The van der Waals surface area contributed by atoms with Crippen LogP contribution in [0, 0.1) is 0 Å². The van der Waals surface area contributed by atoms with Crippen molar-refractivity contribution < 1.29 is 8.22 Å². The Labute approximate surface area is 227 Å². The van der Waals surface area contributed by atoms with Crippen LogP contribution in [0.1, 0.15) is 8.22 Å². The second-order valence-electron chi connectivity index (χ2n) is 9.06. The molecule has 0 radical (unpaired) electrons. The molecule has 4 heteroatoms. The molecule has 178 valence electrons. The molecule has 4 aromatic heterocycles. The lowest BCUT2D eigenvalue weighted by molar-refractivity contribution is 1.06. The van der Waals surface area contributed by atoms with Gasteiger partial charge in [0.25, 0.3) is 0 Å². The van der Waals surface area contributed by atoms with Gasteiger partial charge in [0.05, 0.1) is 41.7 Å². The lowest BCUT2D eigenvalue weighted by atomic mass is 10.2. The average molecular weight is 493 g/mol. The van der Waals surface area contributed by atoms with Crippen LogP contribution in [-0.2, 0) is 0 Å². The van der Waals surface area contributed by atoms with Crippen LogP contribution < -0.4 is 0 Å². The molecule has 4 heterocycles. The fraction of sp³-hybridized carbons (Fsp3) is 0. The van der Waals surface area contributed by atoms with Gasteiger partial charge in [-0.15, -0.1) is 0 Å². The van der Waals surface area contributed by atoms with E-state index in [9.17, 15) is 0 Å². The van der Waals surface area contributed by atoms with Gasteiger partial charge in [0.1, 0.15) is 11.6 Å². The van der Waals surface area contributed by atoms with Gasteiger partial charge in [-0.1, -0.05) is 84.9 Å². The lowest BCUT2D eigenvalue weighted by Crippen LogP contribution is -2.01. The summed E-state index contributed by atoms with van der Waals surface area (Å²) in [7, 11) is 0. The van der Waals surface area contributed by atoms with Gasteiger partial charge in [0.2, 0.25) is 0 Å². The van der Waals surface area contributed by atoms with Crippen molar-refractivity contribution in [3.8, 4) is 23.0 Å². The minimum Gasteiger partial charge on any atom is -0.294 e. The highest BCUT2D eigenvalue weighted by Crippen LogP contribution is 2.33. The Morgan fingerprint density at radius 2 is 0.737 bits per heavy atom. The van der Waals surface area contributed by atoms with Gasteiger partial charge < -0.3 is 0 Å². The van der Waals surface area contributed by atoms with Crippen LogP contribution in [0.5, 0.6) is 0 Å². The molecule has 0 fully saturated rings. The van der Waals surface area contributed by atoms with Crippen molar-refractivity contribution in [3.05, 3.63) is 133 Å². The summed E-state index contributed by atoms with van der Waals surface area (Å²) in [5, 5.41) is 3.80. The minimum atomic E-state index is -0.370. The van der Waals surface area contributed by atoms with Crippen LogP contribution in [-0.4, -0.2) is 19.1 Å². The molecule has 4 nitrogen and oxygen atoms in total. The van der Waals surface area contributed by atoms with Gasteiger partial charge in [-0.05, 0) is 48.4 Å². The van der Waals surface area contributed by atoms with Crippen molar-refractivity contribution in [1.29, 1.82) is 0 Å². The molecule has 0 aliphatic rings. The van der Waals surface area contributed by atoms with Gasteiger partial charge in [0, 0.05) is 21.5 Å². The fourth-order valence-electron chi connectivity index (χ4n) is 5.35. The topological polar surface area (TPSA) is 35.6 Å². The third kappa shape index (κ3) is 3.04. The Kier molecular flexibility index (Phi) is 3.39. The molecule has 38 heavy (non-hydrogen) atoms. The van der Waals surface area contributed by atoms with Crippen molar-refractivity contribution in [2.24, 2.45) is 0 Å². The van der Waals surface area contributed by atoms with Crippen LogP contribution in [0.15, 0.2) is 133 Å². The third-order valence-corrected chi connectivity index (χ3v) is 6.95. The number of hydrogen-bond acceptors (Lipinski definition) is 2. The fourth-order valence-corrected chi connectivity index (χ4v) is 5.35. The van der Waals surface area contributed by atoms with Crippen LogP contribution in [0.3, 0.4) is 0 Å². The predicted octanol–water partition coefficient (Wildman–Crippen LogP) is 8.34. The van der Waals surface area contributed by atoms with E-state index in [0.717, 1.165) is 43.6 Å². The Morgan fingerprint density at radius 3 is 1.08 bits per heavy atom. The quantitative estimate of drug-likeness (QED) is 0.248. The SMILES string of the molecule is [2H]c1c(-c2nc(-n3c4ccccc4c4ccccc43)c([2H])c([2H])c2[2H])nc(-n2c3ccccc3c3ccccc32)c([2H])c1[2H]. The first kappa shape index (κ1) is 15.8. The summed E-state index contributed by atoms with van der Waals surface area (Å²) in [4.78, 5) is 9.51. The molecule has 0 spiro atoms. The van der Waals surface area contributed by atoms with Gasteiger partial charge >= 0.3 is 0 Å². The van der Waals surface area contributed by atoms with Crippen LogP contribution >= 0.6 is 0 Å². The Hall–Kier alpha value is -5.22. The molecule has 4 aromatic carbocycles. The Morgan fingerprint density at radius 1 is 0.421 bits per heavy atom. The number of para-hydroxylation sites is 4. The number of benzene rings is 4. The first-order chi connectivity index (χ1) is 21.4. The summed E-state index contributed by atoms with van der Waals surface area (Å²) in [6.07, 6.45) is 0. The third-order valence-electron chi connectivity index (χ3n) is 6.95.